The Morgan fingerprint density at radius 3 is 3.13 bits per heavy atom. The lowest BCUT2D eigenvalue weighted by Crippen LogP contribution is -2.11. The zero-order chi connectivity index (χ0) is 10.7. The van der Waals surface area contributed by atoms with Gasteiger partial charge in [-0.3, -0.25) is 0 Å². The number of fused-ring (bicyclic) bond motifs is 1. The highest BCUT2D eigenvalue weighted by Gasteiger charge is 2.18. The zero-order valence-electron chi connectivity index (χ0n) is 9.55. The number of hydrogen-bond donors (Lipinski definition) is 1. The van der Waals surface area contributed by atoms with Crippen molar-refractivity contribution in [3.8, 4) is 5.75 Å². The smallest absolute Gasteiger partial charge is 0.126 e. The maximum Gasteiger partial charge on any atom is 0.126 e. The van der Waals surface area contributed by atoms with Crippen LogP contribution in [0.2, 0.25) is 0 Å². The first kappa shape index (κ1) is 10.5. The van der Waals surface area contributed by atoms with Crippen molar-refractivity contribution < 1.29 is 4.74 Å². The fraction of sp³-hybridized carbons (Fsp3) is 0.538. The van der Waals surface area contributed by atoms with E-state index in [0.717, 1.165) is 31.7 Å². The predicted octanol–water partition coefficient (Wildman–Crippen LogP) is 2.33. The summed E-state index contributed by atoms with van der Waals surface area (Å²) in [6.45, 7) is 4.19. The van der Waals surface area contributed by atoms with Crippen LogP contribution >= 0.6 is 0 Å². The van der Waals surface area contributed by atoms with Gasteiger partial charge in [-0.25, -0.2) is 0 Å². The normalized spacial score (nSPS) is 15.9. The summed E-state index contributed by atoms with van der Waals surface area (Å²) in [5.74, 6) is 1.73. The number of para-hydroxylation sites is 1. The highest BCUT2D eigenvalue weighted by Crippen LogP contribution is 2.35. The van der Waals surface area contributed by atoms with Gasteiger partial charge in [-0.2, -0.15) is 0 Å². The van der Waals surface area contributed by atoms with Crippen LogP contribution in [0.4, 0.5) is 0 Å². The van der Waals surface area contributed by atoms with E-state index >= 15 is 0 Å². The van der Waals surface area contributed by atoms with Crippen molar-refractivity contribution in [2.45, 2.75) is 25.7 Å². The topological polar surface area (TPSA) is 21.3 Å². The summed E-state index contributed by atoms with van der Waals surface area (Å²) in [6.07, 6.45) is 2.23. The van der Waals surface area contributed by atoms with Crippen LogP contribution in [0.15, 0.2) is 18.2 Å². The molecule has 1 aromatic rings. The largest absolute Gasteiger partial charge is 0.493 e. The van der Waals surface area contributed by atoms with Gasteiger partial charge in [0.2, 0.25) is 0 Å². The van der Waals surface area contributed by atoms with Crippen molar-refractivity contribution in [1.82, 2.24) is 5.32 Å². The van der Waals surface area contributed by atoms with Crippen LogP contribution in [0.3, 0.4) is 0 Å². The lowest BCUT2D eigenvalue weighted by Gasteiger charge is -2.15. The molecule has 0 bridgehead atoms. The Hall–Kier alpha value is -1.02. The van der Waals surface area contributed by atoms with Crippen molar-refractivity contribution >= 4 is 0 Å². The van der Waals surface area contributed by atoms with E-state index in [-0.39, 0.29) is 0 Å². The molecule has 2 nitrogen and oxygen atoms in total. The average molecular weight is 205 g/mol. The van der Waals surface area contributed by atoms with Crippen LogP contribution in [0.1, 0.15) is 30.4 Å². The number of ether oxygens (including phenoxy) is 1. The fourth-order valence-electron chi connectivity index (χ4n) is 2.15. The molecule has 82 valence electrons. The van der Waals surface area contributed by atoms with Crippen LogP contribution in [0, 0.1) is 0 Å². The van der Waals surface area contributed by atoms with Gasteiger partial charge >= 0.3 is 0 Å². The molecule has 15 heavy (non-hydrogen) atoms. The van der Waals surface area contributed by atoms with Crippen LogP contribution in [-0.2, 0) is 6.42 Å². The summed E-state index contributed by atoms with van der Waals surface area (Å²) >= 11 is 0. The molecule has 0 saturated carbocycles. The highest BCUT2D eigenvalue weighted by atomic mass is 16.5. The predicted molar refractivity (Wildman–Crippen MR) is 62.6 cm³/mol. The standard InChI is InChI=1S/C13H19NO/c1-10(6-8-14-2)12-5-3-4-11-7-9-15-13(11)12/h3-5,10,14H,6-9H2,1-2H3. The van der Waals surface area contributed by atoms with E-state index in [1.165, 1.54) is 11.1 Å². The van der Waals surface area contributed by atoms with Gasteiger partial charge < -0.3 is 10.1 Å². The Morgan fingerprint density at radius 2 is 2.33 bits per heavy atom. The van der Waals surface area contributed by atoms with Gasteiger partial charge in [0.25, 0.3) is 0 Å². The molecule has 0 amide bonds. The van der Waals surface area contributed by atoms with Gasteiger partial charge in [0.1, 0.15) is 5.75 Å². The molecule has 0 saturated heterocycles. The maximum atomic E-state index is 5.71. The fourth-order valence-corrected chi connectivity index (χ4v) is 2.15. The maximum absolute atomic E-state index is 5.71. The molecular formula is C13H19NO. The third-order valence-electron chi connectivity index (χ3n) is 3.10. The van der Waals surface area contributed by atoms with Gasteiger partial charge in [-0.1, -0.05) is 25.1 Å². The molecule has 1 atom stereocenters. The van der Waals surface area contributed by atoms with E-state index in [2.05, 4.69) is 30.4 Å². The first-order valence-corrected chi connectivity index (χ1v) is 5.72. The minimum absolute atomic E-state index is 0.575. The van der Waals surface area contributed by atoms with Crippen LogP contribution in [0.5, 0.6) is 5.75 Å². The Balaban J connectivity index is 2.17. The zero-order valence-corrected chi connectivity index (χ0v) is 9.55. The second-order valence-electron chi connectivity index (χ2n) is 4.23. The number of nitrogens with one attached hydrogen (secondary N) is 1. The van der Waals surface area contributed by atoms with Gasteiger partial charge in [0.05, 0.1) is 6.61 Å². The SMILES string of the molecule is CNCCC(C)c1cccc2c1OCC2. The number of rotatable bonds is 4. The summed E-state index contributed by atoms with van der Waals surface area (Å²) in [7, 11) is 2.00. The molecule has 1 aliphatic rings. The Bertz CT molecular complexity index is 335. The van der Waals surface area contributed by atoms with Crippen molar-refractivity contribution in [2.24, 2.45) is 0 Å². The van der Waals surface area contributed by atoms with Crippen LogP contribution in [-0.4, -0.2) is 20.2 Å². The van der Waals surface area contributed by atoms with Crippen molar-refractivity contribution in [3.63, 3.8) is 0 Å². The molecule has 0 radical (unpaired) electrons. The first-order chi connectivity index (χ1) is 7.33. The lowest BCUT2D eigenvalue weighted by atomic mass is 9.95. The van der Waals surface area contributed by atoms with E-state index in [9.17, 15) is 0 Å². The minimum atomic E-state index is 0.575. The monoisotopic (exact) mass is 205 g/mol. The lowest BCUT2D eigenvalue weighted by molar-refractivity contribution is 0.351. The molecular weight excluding hydrogens is 186 g/mol. The molecule has 1 aliphatic heterocycles. The van der Waals surface area contributed by atoms with Gasteiger partial charge in [0.15, 0.2) is 0 Å². The first-order valence-electron chi connectivity index (χ1n) is 5.72. The molecule has 2 heteroatoms. The Labute approximate surface area is 91.6 Å². The second kappa shape index (κ2) is 4.67. The summed E-state index contributed by atoms with van der Waals surface area (Å²) in [5, 5.41) is 3.20. The van der Waals surface area contributed by atoms with Crippen molar-refractivity contribution in [2.75, 3.05) is 20.2 Å². The quantitative estimate of drug-likeness (QED) is 0.814. The van der Waals surface area contributed by atoms with Crippen LogP contribution < -0.4 is 10.1 Å². The highest BCUT2D eigenvalue weighted by molar-refractivity contribution is 5.45. The van der Waals surface area contributed by atoms with Crippen molar-refractivity contribution in [3.05, 3.63) is 29.3 Å². The second-order valence-corrected chi connectivity index (χ2v) is 4.23. The molecule has 0 aromatic heterocycles. The third-order valence-corrected chi connectivity index (χ3v) is 3.10. The summed E-state index contributed by atoms with van der Waals surface area (Å²) in [5.41, 5.74) is 2.75. The number of benzene rings is 1. The van der Waals surface area contributed by atoms with Gasteiger partial charge in [-0.05, 0) is 37.1 Å². The van der Waals surface area contributed by atoms with Crippen LogP contribution in [0.25, 0.3) is 0 Å². The molecule has 1 heterocycles. The summed E-state index contributed by atoms with van der Waals surface area (Å²) in [6, 6.07) is 6.53. The molecule has 2 rings (SSSR count). The molecule has 0 fully saturated rings. The molecule has 0 aliphatic carbocycles. The number of hydrogen-bond acceptors (Lipinski definition) is 2. The van der Waals surface area contributed by atoms with Gasteiger partial charge in [0, 0.05) is 6.42 Å². The van der Waals surface area contributed by atoms with E-state index in [1.54, 1.807) is 0 Å². The molecule has 1 unspecified atom stereocenters. The summed E-state index contributed by atoms with van der Waals surface area (Å²) in [4.78, 5) is 0. The minimum Gasteiger partial charge on any atom is -0.493 e. The Morgan fingerprint density at radius 1 is 1.47 bits per heavy atom. The van der Waals surface area contributed by atoms with Gasteiger partial charge in [-0.15, -0.1) is 0 Å². The Kier molecular flexibility index (Phi) is 3.27. The molecule has 1 N–H and O–H groups in total. The molecule has 1 aromatic carbocycles. The molecule has 0 spiro atoms. The average Bonchev–Trinajstić information content (AvgIpc) is 2.73. The summed E-state index contributed by atoms with van der Waals surface area (Å²) < 4.78 is 5.71. The van der Waals surface area contributed by atoms with Crippen molar-refractivity contribution in [1.29, 1.82) is 0 Å². The van der Waals surface area contributed by atoms with E-state index in [1.807, 2.05) is 7.05 Å². The van der Waals surface area contributed by atoms with E-state index < -0.39 is 0 Å². The van der Waals surface area contributed by atoms with E-state index in [4.69, 9.17) is 4.74 Å². The van der Waals surface area contributed by atoms with E-state index in [0.29, 0.717) is 5.92 Å². The third kappa shape index (κ3) is 2.15.